The van der Waals surface area contributed by atoms with Crippen LogP contribution < -0.4 is 15.4 Å². The van der Waals surface area contributed by atoms with Gasteiger partial charge < -0.3 is 15.4 Å². The van der Waals surface area contributed by atoms with Gasteiger partial charge in [-0.2, -0.15) is 5.26 Å². The van der Waals surface area contributed by atoms with Crippen molar-refractivity contribution in [3.8, 4) is 11.8 Å². The van der Waals surface area contributed by atoms with Gasteiger partial charge in [0.1, 0.15) is 11.8 Å². The van der Waals surface area contributed by atoms with E-state index in [0.717, 1.165) is 25.9 Å². The number of carbonyl (C=O) groups is 2. The summed E-state index contributed by atoms with van der Waals surface area (Å²) in [6.45, 7) is 3.60. The highest BCUT2D eigenvalue weighted by Crippen LogP contribution is 2.18. The summed E-state index contributed by atoms with van der Waals surface area (Å²) in [5.41, 5.74) is 0.407. The van der Waals surface area contributed by atoms with Crippen LogP contribution in [0.2, 0.25) is 0 Å². The smallest absolute Gasteiger partial charge is 0.260 e. The zero-order valence-electron chi connectivity index (χ0n) is 14.6. The first-order chi connectivity index (χ1) is 12.0. The van der Waals surface area contributed by atoms with Gasteiger partial charge in [-0.05, 0) is 31.9 Å². The van der Waals surface area contributed by atoms with Crippen LogP contribution in [0.15, 0.2) is 24.3 Å². The molecule has 2 rings (SSSR count). The molecule has 0 spiro atoms. The molecule has 1 aliphatic rings. The summed E-state index contributed by atoms with van der Waals surface area (Å²) in [7, 11) is 1.63. The Bertz CT molecular complexity index is 648. The van der Waals surface area contributed by atoms with Crippen LogP contribution in [0.3, 0.4) is 0 Å². The SMILES string of the molecule is CNC(=O)CN1CCC(NC(=O)[C@@H](C)Oc2ccccc2C#N)CC1. The van der Waals surface area contributed by atoms with E-state index in [-0.39, 0.29) is 17.9 Å². The number of piperidine rings is 1. The van der Waals surface area contributed by atoms with Gasteiger partial charge in [0.2, 0.25) is 5.91 Å². The molecule has 0 aromatic heterocycles. The number of nitrogens with zero attached hydrogens (tertiary/aromatic N) is 2. The molecule has 7 heteroatoms. The maximum Gasteiger partial charge on any atom is 0.260 e. The molecule has 0 aliphatic carbocycles. The van der Waals surface area contributed by atoms with Gasteiger partial charge in [-0.3, -0.25) is 14.5 Å². The summed E-state index contributed by atoms with van der Waals surface area (Å²) >= 11 is 0. The summed E-state index contributed by atoms with van der Waals surface area (Å²) in [5, 5.41) is 14.7. The van der Waals surface area contributed by atoms with Crippen LogP contribution in [0.5, 0.6) is 5.75 Å². The lowest BCUT2D eigenvalue weighted by Gasteiger charge is -2.32. The molecule has 1 aromatic carbocycles. The molecule has 1 atom stereocenters. The third kappa shape index (κ3) is 5.47. The van der Waals surface area contributed by atoms with Crippen molar-refractivity contribution in [2.24, 2.45) is 0 Å². The molecule has 1 fully saturated rings. The van der Waals surface area contributed by atoms with Gasteiger partial charge in [0.05, 0.1) is 12.1 Å². The molecule has 0 unspecified atom stereocenters. The summed E-state index contributed by atoms with van der Waals surface area (Å²) in [6.07, 6.45) is 0.910. The van der Waals surface area contributed by atoms with Crippen molar-refractivity contribution < 1.29 is 14.3 Å². The van der Waals surface area contributed by atoms with Crippen molar-refractivity contribution in [2.45, 2.75) is 31.9 Å². The fourth-order valence-corrected chi connectivity index (χ4v) is 2.74. The molecule has 0 saturated carbocycles. The number of rotatable bonds is 6. The Labute approximate surface area is 147 Å². The quantitative estimate of drug-likeness (QED) is 0.790. The molecule has 25 heavy (non-hydrogen) atoms. The van der Waals surface area contributed by atoms with E-state index >= 15 is 0 Å². The molecular weight excluding hydrogens is 320 g/mol. The Morgan fingerprint density at radius 1 is 1.36 bits per heavy atom. The maximum absolute atomic E-state index is 12.3. The predicted octanol–water partition coefficient (Wildman–Crippen LogP) is 0.652. The minimum Gasteiger partial charge on any atom is -0.480 e. The van der Waals surface area contributed by atoms with E-state index in [9.17, 15) is 9.59 Å². The lowest BCUT2D eigenvalue weighted by molar-refractivity contribution is -0.128. The second-order valence-electron chi connectivity index (χ2n) is 6.10. The number of benzene rings is 1. The van der Waals surface area contributed by atoms with Crippen molar-refractivity contribution in [3.05, 3.63) is 29.8 Å². The average molecular weight is 344 g/mol. The van der Waals surface area contributed by atoms with Gasteiger partial charge >= 0.3 is 0 Å². The number of carbonyl (C=O) groups excluding carboxylic acids is 2. The van der Waals surface area contributed by atoms with E-state index in [0.29, 0.717) is 17.9 Å². The predicted molar refractivity (Wildman–Crippen MR) is 92.9 cm³/mol. The molecule has 1 saturated heterocycles. The number of likely N-dealkylation sites (N-methyl/N-ethyl adjacent to an activating group) is 1. The summed E-state index contributed by atoms with van der Waals surface area (Å²) in [4.78, 5) is 25.8. The van der Waals surface area contributed by atoms with Gasteiger partial charge in [0.15, 0.2) is 6.10 Å². The van der Waals surface area contributed by atoms with Crippen molar-refractivity contribution in [1.82, 2.24) is 15.5 Å². The molecule has 1 heterocycles. The third-order valence-electron chi connectivity index (χ3n) is 4.26. The third-order valence-corrected chi connectivity index (χ3v) is 4.26. The standard InChI is InChI=1S/C18H24N4O3/c1-13(25-16-6-4-3-5-14(16)11-19)18(24)21-15-7-9-22(10-8-15)12-17(23)20-2/h3-6,13,15H,7-10,12H2,1-2H3,(H,20,23)(H,21,24)/t13-/m1/s1. The van der Waals surface area contributed by atoms with E-state index in [1.807, 2.05) is 0 Å². The van der Waals surface area contributed by atoms with Gasteiger partial charge in [0, 0.05) is 26.2 Å². The van der Waals surface area contributed by atoms with Crippen molar-refractivity contribution in [3.63, 3.8) is 0 Å². The normalized spacial score (nSPS) is 16.5. The van der Waals surface area contributed by atoms with Crippen molar-refractivity contribution in [1.29, 1.82) is 5.26 Å². The summed E-state index contributed by atoms with van der Waals surface area (Å²) < 4.78 is 5.63. The number of likely N-dealkylation sites (tertiary alicyclic amines) is 1. The largest absolute Gasteiger partial charge is 0.480 e. The number of hydrogen-bond acceptors (Lipinski definition) is 5. The fourth-order valence-electron chi connectivity index (χ4n) is 2.74. The van der Waals surface area contributed by atoms with Gasteiger partial charge in [-0.15, -0.1) is 0 Å². The Hall–Kier alpha value is -2.59. The summed E-state index contributed by atoms with van der Waals surface area (Å²) in [5.74, 6) is 0.214. The monoisotopic (exact) mass is 344 g/mol. The van der Waals surface area contributed by atoms with Crippen LogP contribution in [0, 0.1) is 11.3 Å². The first-order valence-corrected chi connectivity index (χ1v) is 8.42. The van der Waals surface area contributed by atoms with Crippen LogP contribution >= 0.6 is 0 Å². The zero-order valence-corrected chi connectivity index (χ0v) is 14.6. The Morgan fingerprint density at radius 3 is 2.68 bits per heavy atom. The summed E-state index contributed by atoms with van der Waals surface area (Å²) in [6, 6.07) is 8.98. The van der Waals surface area contributed by atoms with Gasteiger partial charge in [0.25, 0.3) is 5.91 Å². The number of hydrogen-bond donors (Lipinski definition) is 2. The van der Waals surface area contributed by atoms with Crippen molar-refractivity contribution >= 4 is 11.8 Å². The molecule has 0 radical (unpaired) electrons. The van der Waals surface area contributed by atoms with Crippen LogP contribution in [-0.4, -0.2) is 55.5 Å². The second-order valence-corrected chi connectivity index (χ2v) is 6.10. The molecular formula is C18H24N4O3. The van der Waals surface area contributed by atoms with E-state index in [1.54, 1.807) is 38.2 Å². The van der Waals surface area contributed by atoms with E-state index in [1.165, 1.54) is 0 Å². The minimum absolute atomic E-state index is 0.000617. The number of amides is 2. The van der Waals surface area contributed by atoms with Crippen LogP contribution in [0.4, 0.5) is 0 Å². The van der Waals surface area contributed by atoms with Gasteiger partial charge in [-0.1, -0.05) is 12.1 Å². The molecule has 134 valence electrons. The van der Waals surface area contributed by atoms with E-state index < -0.39 is 6.10 Å². The number of nitrogens with one attached hydrogen (secondary N) is 2. The van der Waals surface area contributed by atoms with Crippen LogP contribution in [-0.2, 0) is 9.59 Å². The zero-order chi connectivity index (χ0) is 18.2. The molecule has 2 N–H and O–H groups in total. The van der Waals surface area contributed by atoms with E-state index in [4.69, 9.17) is 10.00 Å². The Kier molecular flexibility index (Phi) is 6.78. The van der Waals surface area contributed by atoms with E-state index in [2.05, 4.69) is 21.6 Å². The molecule has 2 amide bonds. The molecule has 1 aromatic rings. The van der Waals surface area contributed by atoms with Crippen molar-refractivity contribution in [2.75, 3.05) is 26.7 Å². The molecule has 0 bridgehead atoms. The van der Waals surface area contributed by atoms with Gasteiger partial charge in [-0.25, -0.2) is 0 Å². The molecule has 7 nitrogen and oxygen atoms in total. The molecule has 1 aliphatic heterocycles. The topological polar surface area (TPSA) is 94.5 Å². The highest BCUT2D eigenvalue weighted by molar-refractivity contribution is 5.81. The highest BCUT2D eigenvalue weighted by Gasteiger charge is 2.24. The lowest BCUT2D eigenvalue weighted by atomic mass is 10.0. The van der Waals surface area contributed by atoms with Crippen LogP contribution in [0.25, 0.3) is 0 Å². The minimum atomic E-state index is -0.682. The first kappa shape index (κ1) is 18.7. The van der Waals surface area contributed by atoms with Crippen LogP contribution in [0.1, 0.15) is 25.3 Å². The highest BCUT2D eigenvalue weighted by atomic mass is 16.5. The Morgan fingerprint density at radius 2 is 2.04 bits per heavy atom. The second kappa shape index (κ2) is 9.04. The number of para-hydroxylation sites is 1. The fraction of sp³-hybridized carbons (Fsp3) is 0.500. The lowest BCUT2D eigenvalue weighted by Crippen LogP contribution is -2.49. The Balaban J connectivity index is 1.80. The average Bonchev–Trinajstić information content (AvgIpc) is 2.63. The number of nitriles is 1. The first-order valence-electron chi connectivity index (χ1n) is 8.42. The number of ether oxygens (including phenoxy) is 1. The maximum atomic E-state index is 12.3.